The van der Waals surface area contributed by atoms with E-state index in [2.05, 4.69) is 5.32 Å². The summed E-state index contributed by atoms with van der Waals surface area (Å²) in [5, 5.41) is 11.4. The van der Waals surface area contributed by atoms with Crippen LogP contribution in [0.3, 0.4) is 0 Å². The molecule has 0 aromatic rings. The Balaban J connectivity index is 3.71. The minimum absolute atomic E-state index is 0.168. The van der Waals surface area contributed by atoms with Crippen LogP contribution in [0.1, 0.15) is 26.7 Å². The first-order valence-corrected chi connectivity index (χ1v) is 4.63. The summed E-state index contributed by atoms with van der Waals surface area (Å²) in [6.45, 7) is 3.28. The third kappa shape index (κ3) is 6.42. The monoisotopic (exact) mass is 203 g/mol. The standard InChI is InChI=1S/C9H17NO4/c1-3-14-9(13)5-4-8(6-11)10-7(2)12/h8,11H,3-6H2,1-2H3,(H,10,12). The van der Waals surface area contributed by atoms with Crippen molar-refractivity contribution in [3.05, 3.63) is 0 Å². The summed E-state index contributed by atoms with van der Waals surface area (Å²) in [4.78, 5) is 21.6. The highest BCUT2D eigenvalue weighted by Gasteiger charge is 2.11. The van der Waals surface area contributed by atoms with E-state index in [-0.39, 0.29) is 30.9 Å². The van der Waals surface area contributed by atoms with Crippen LogP contribution < -0.4 is 5.32 Å². The van der Waals surface area contributed by atoms with Gasteiger partial charge in [-0.3, -0.25) is 9.59 Å². The molecule has 14 heavy (non-hydrogen) atoms. The smallest absolute Gasteiger partial charge is 0.305 e. The average molecular weight is 203 g/mol. The van der Waals surface area contributed by atoms with Crippen LogP contribution in [0.4, 0.5) is 0 Å². The van der Waals surface area contributed by atoms with Gasteiger partial charge in [-0.25, -0.2) is 0 Å². The molecule has 0 heterocycles. The van der Waals surface area contributed by atoms with Crippen LogP contribution in [0.25, 0.3) is 0 Å². The van der Waals surface area contributed by atoms with Crippen molar-refractivity contribution < 1.29 is 19.4 Å². The number of esters is 1. The molecule has 1 amide bonds. The number of ether oxygens (including phenoxy) is 1. The zero-order valence-corrected chi connectivity index (χ0v) is 8.58. The van der Waals surface area contributed by atoms with Gasteiger partial charge in [0.2, 0.25) is 5.91 Å². The van der Waals surface area contributed by atoms with Crippen LogP contribution in [0.5, 0.6) is 0 Å². The zero-order valence-electron chi connectivity index (χ0n) is 8.58. The summed E-state index contributed by atoms with van der Waals surface area (Å²) in [5.41, 5.74) is 0. The molecule has 0 aliphatic rings. The topological polar surface area (TPSA) is 75.6 Å². The summed E-state index contributed by atoms with van der Waals surface area (Å²) in [7, 11) is 0. The highest BCUT2D eigenvalue weighted by molar-refractivity contribution is 5.73. The number of hydrogen-bond donors (Lipinski definition) is 2. The Morgan fingerprint density at radius 1 is 1.50 bits per heavy atom. The average Bonchev–Trinajstić information content (AvgIpc) is 2.12. The largest absolute Gasteiger partial charge is 0.466 e. The lowest BCUT2D eigenvalue weighted by Crippen LogP contribution is -2.36. The molecule has 82 valence electrons. The quantitative estimate of drug-likeness (QED) is 0.587. The third-order valence-corrected chi connectivity index (χ3v) is 1.63. The molecule has 1 unspecified atom stereocenters. The summed E-state index contributed by atoms with van der Waals surface area (Å²) in [6, 6.07) is -0.364. The lowest BCUT2D eigenvalue weighted by atomic mass is 10.1. The highest BCUT2D eigenvalue weighted by Crippen LogP contribution is 1.98. The van der Waals surface area contributed by atoms with E-state index in [1.54, 1.807) is 6.92 Å². The maximum absolute atomic E-state index is 10.9. The van der Waals surface area contributed by atoms with Gasteiger partial charge in [0.15, 0.2) is 0 Å². The molecule has 5 nitrogen and oxygen atoms in total. The Hall–Kier alpha value is -1.10. The maximum Gasteiger partial charge on any atom is 0.305 e. The lowest BCUT2D eigenvalue weighted by Gasteiger charge is -2.13. The van der Waals surface area contributed by atoms with Crippen LogP contribution in [-0.4, -0.2) is 36.2 Å². The molecule has 0 aromatic heterocycles. The van der Waals surface area contributed by atoms with Gasteiger partial charge in [0.1, 0.15) is 0 Å². The molecule has 0 aliphatic carbocycles. The molecular weight excluding hydrogens is 186 g/mol. The van der Waals surface area contributed by atoms with Gasteiger partial charge >= 0.3 is 5.97 Å². The first-order chi connectivity index (χ1) is 6.60. The number of carbonyl (C=O) groups excluding carboxylic acids is 2. The summed E-state index contributed by atoms with van der Waals surface area (Å²) >= 11 is 0. The molecule has 0 rings (SSSR count). The van der Waals surface area contributed by atoms with Crippen molar-refractivity contribution in [3.8, 4) is 0 Å². The van der Waals surface area contributed by atoms with E-state index in [0.29, 0.717) is 13.0 Å². The second kappa shape index (κ2) is 7.32. The Morgan fingerprint density at radius 3 is 2.57 bits per heavy atom. The molecule has 0 aliphatic heterocycles. The fraction of sp³-hybridized carbons (Fsp3) is 0.778. The van der Waals surface area contributed by atoms with Gasteiger partial charge in [-0.15, -0.1) is 0 Å². The molecule has 0 aromatic carbocycles. The van der Waals surface area contributed by atoms with Crippen LogP contribution in [0.2, 0.25) is 0 Å². The van der Waals surface area contributed by atoms with E-state index in [1.165, 1.54) is 6.92 Å². The number of aliphatic hydroxyl groups excluding tert-OH is 1. The third-order valence-electron chi connectivity index (χ3n) is 1.63. The Kier molecular flexibility index (Phi) is 6.74. The van der Waals surface area contributed by atoms with E-state index >= 15 is 0 Å². The Labute approximate surface area is 83.4 Å². The van der Waals surface area contributed by atoms with Gasteiger partial charge in [0, 0.05) is 13.3 Å². The van der Waals surface area contributed by atoms with E-state index in [9.17, 15) is 9.59 Å². The fourth-order valence-corrected chi connectivity index (χ4v) is 1.02. The van der Waals surface area contributed by atoms with Gasteiger partial charge in [-0.05, 0) is 13.3 Å². The molecule has 1 atom stereocenters. The molecule has 0 bridgehead atoms. The predicted octanol–water partition coefficient (Wildman–Crippen LogP) is -0.173. The summed E-state index contributed by atoms with van der Waals surface area (Å²) in [5.74, 6) is -0.524. The van der Waals surface area contributed by atoms with E-state index in [1.807, 2.05) is 0 Å². The molecule has 2 N–H and O–H groups in total. The van der Waals surface area contributed by atoms with Crippen molar-refractivity contribution in [2.45, 2.75) is 32.7 Å². The van der Waals surface area contributed by atoms with Gasteiger partial charge in [-0.1, -0.05) is 0 Å². The number of carbonyl (C=O) groups is 2. The van der Waals surface area contributed by atoms with E-state index in [0.717, 1.165) is 0 Å². The van der Waals surface area contributed by atoms with Crippen LogP contribution in [0.15, 0.2) is 0 Å². The van der Waals surface area contributed by atoms with Crippen LogP contribution >= 0.6 is 0 Å². The Bertz CT molecular complexity index is 193. The fourth-order valence-electron chi connectivity index (χ4n) is 1.02. The molecule has 0 radical (unpaired) electrons. The Morgan fingerprint density at radius 2 is 2.14 bits per heavy atom. The molecule has 5 heteroatoms. The minimum atomic E-state index is -0.364. The van der Waals surface area contributed by atoms with Crippen LogP contribution in [0, 0.1) is 0 Å². The van der Waals surface area contributed by atoms with Gasteiger partial charge in [0.25, 0.3) is 0 Å². The normalized spacial score (nSPS) is 11.9. The SMILES string of the molecule is CCOC(=O)CCC(CO)NC(C)=O. The number of aliphatic hydroxyl groups is 1. The molecule has 0 saturated heterocycles. The van der Waals surface area contributed by atoms with Crippen molar-refractivity contribution in [2.75, 3.05) is 13.2 Å². The maximum atomic E-state index is 10.9. The van der Waals surface area contributed by atoms with Crippen LogP contribution in [-0.2, 0) is 14.3 Å². The first-order valence-electron chi connectivity index (χ1n) is 4.63. The second-order valence-electron chi connectivity index (χ2n) is 2.92. The van der Waals surface area contributed by atoms with Crippen molar-refractivity contribution in [1.82, 2.24) is 5.32 Å². The lowest BCUT2D eigenvalue weighted by molar-refractivity contribution is -0.143. The number of hydrogen-bond acceptors (Lipinski definition) is 4. The van der Waals surface area contributed by atoms with Gasteiger partial charge < -0.3 is 15.2 Å². The van der Waals surface area contributed by atoms with Gasteiger partial charge in [-0.2, -0.15) is 0 Å². The predicted molar refractivity (Wildman–Crippen MR) is 50.6 cm³/mol. The van der Waals surface area contributed by atoms with Gasteiger partial charge in [0.05, 0.1) is 19.3 Å². The second-order valence-corrected chi connectivity index (χ2v) is 2.92. The summed E-state index contributed by atoms with van der Waals surface area (Å²) < 4.78 is 4.71. The van der Waals surface area contributed by atoms with Crippen molar-refractivity contribution in [3.63, 3.8) is 0 Å². The van der Waals surface area contributed by atoms with E-state index < -0.39 is 0 Å². The van der Waals surface area contributed by atoms with Crippen molar-refractivity contribution in [1.29, 1.82) is 0 Å². The number of nitrogens with one attached hydrogen (secondary N) is 1. The minimum Gasteiger partial charge on any atom is -0.466 e. The number of amides is 1. The molecular formula is C9H17NO4. The number of rotatable bonds is 6. The molecule has 0 fully saturated rings. The highest BCUT2D eigenvalue weighted by atomic mass is 16.5. The van der Waals surface area contributed by atoms with E-state index in [4.69, 9.17) is 9.84 Å². The van der Waals surface area contributed by atoms with Crippen molar-refractivity contribution >= 4 is 11.9 Å². The zero-order chi connectivity index (χ0) is 11.0. The molecule has 0 spiro atoms. The first kappa shape index (κ1) is 12.9. The van der Waals surface area contributed by atoms with Crippen molar-refractivity contribution in [2.24, 2.45) is 0 Å². The molecule has 0 saturated carbocycles. The summed E-state index contributed by atoms with van der Waals surface area (Å²) in [6.07, 6.45) is 0.605.